The molecule has 100 valence electrons. The average Bonchev–Trinajstić information content (AvgIpc) is 2.15. The molecular weight excluding hydrogens is 216 g/mol. The molecule has 0 aromatic carbocycles. The zero-order valence-electron chi connectivity index (χ0n) is 11.5. The van der Waals surface area contributed by atoms with Gasteiger partial charge in [-0.25, -0.2) is 0 Å². The summed E-state index contributed by atoms with van der Waals surface area (Å²) < 4.78 is 5.10. The van der Waals surface area contributed by atoms with Gasteiger partial charge in [-0.1, -0.05) is 6.92 Å². The number of carbonyl (C=O) groups is 1. The highest BCUT2D eigenvalue weighted by molar-refractivity contribution is 5.79. The van der Waals surface area contributed by atoms with Gasteiger partial charge in [0.25, 0.3) is 0 Å². The predicted molar refractivity (Wildman–Crippen MR) is 68.6 cm³/mol. The first kappa shape index (κ1) is 14.5. The summed E-state index contributed by atoms with van der Waals surface area (Å²) in [5.41, 5.74) is 5.61. The van der Waals surface area contributed by atoms with Crippen molar-refractivity contribution in [1.82, 2.24) is 5.32 Å². The standard InChI is InChI=1S/C13H26N2O2/c1-9-7-10(14)5-6-11(9)12(16)15-13(2,3)8-17-4/h9-11H,5-8,14H2,1-4H3,(H,15,16). The van der Waals surface area contributed by atoms with E-state index in [4.69, 9.17) is 10.5 Å². The summed E-state index contributed by atoms with van der Waals surface area (Å²) in [6.07, 6.45) is 2.80. The lowest BCUT2D eigenvalue weighted by Gasteiger charge is -2.34. The predicted octanol–water partition coefficient (Wildman–Crippen LogP) is 1.29. The van der Waals surface area contributed by atoms with E-state index >= 15 is 0 Å². The Morgan fingerprint density at radius 1 is 1.47 bits per heavy atom. The Kier molecular flexibility index (Phi) is 4.95. The van der Waals surface area contributed by atoms with Crippen LogP contribution in [-0.4, -0.2) is 31.2 Å². The molecular formula is C13H26N2O2. The van der Waals surface area contributed by atoms with Crippen LogP contribution in [0.2, 0.25) is 0 Å². The first-order valence-corrected chi connectivity index (χ1v) is 6.42. The molecule has 4 nitrogen and oxygen atoms in total. The second-order valence-electron chi connectivity index (χ2n) is 5.96. The van der Waals surface area contributed by atoms with E-state index in [1.807, 2.05) is 13.8 Å². The van der Waals surface area contributed by atoms with Crippen molar-refractivity contribution in [2.24, 2.45) is 17.6 Å². The second kappa shape index (κ2) is 5.83. The van der Waals surface area contributed by atoms with Crippen molar-refractivity contribution in [1.29, 1.82) is 0 Å². The number of nitrogens with one attached hydrogen (secondary N) is 1. The summed E-state index contributed by atoms with van der Waals surface area (Å²) >= 11 is 0. The van der Waals surface area contributed by atoms with Crippen molar-refractivity contribution in [2.45, 2.75) is 51.6 Å². The molecule has 1 aliphatic carbocycles. The van der Waals surface area contributed by atoms with Crippen molar-refractivity contribution in [2.75, 3.05) is 13.7 Å². The van der Waals surface area contributed by atoms with Crippen molar-refractivity contribution in [3.63, 3.8) is 0 Å². The van der Waals surface area contributed by atoms with Crippen LogP contribution in [0.15, 0.2) is 0 Å². The van der Waals surface area contributed by atoms with Gasteiger partial charge >= 0.3 is 0 Å². The molecule has 0 spiro atoms. The molecule has 1 aliphatic rings. The van der Waals surface area contributed by atoms with Crippen LogP contribution in [-0.2, 0) is 9.53 Å². The van der Waals surface area contributed by atoms with Crippen molar-refractivity contribution in [3.05, 3.63) is 0 Å². The number of hydrogen-bond donors (Lipinski definition) is 2. The van der Waals surface area contributed by atoms with Crippen LogP contribution in [0.4, 0.5) is 0 Å². The summed E-state index contributed by atoms with van der Waals surface area (Å²) in [4.78, 5) is 12.2. The number of methoxy groups -OCH3 is 1. The van der Waals surface area contributed by atoms with E-state index in [-0.39, 0.29) is 23.4 Å². The molecule has 0 aliphatic heterocycles. The highest BCUT2D eigenvalue weighted by atomic mass is 16.5. The van der Waals surface area contributed by atoms with Crippen molar-refractivity contribution < 1.29 is 9.53 Å². The normalized spacial score (nSPS) is 30.1. The van der Waals surface area contributed by atoms with E-state index in [9.17, 15) is 4.79 Å². The quantitative estimate of drug-likeness (QED) is 0.781. The lowest BCUT2D eigenvalue weighted by Crippen LogP contribution is -2.51. The summed E-state index contributed by atoms with van der Waals surface area (Å²) in [6, 6.07) is 0.265. The largest absolute Gasteiger partial charge is 0.382 e. The third-order valence-electron chi connectivity index (χ3n) is 3.51. The Bertz CT molecular complexity index is 266. The summed E-state index contributed by atoms with van der Waals surface area (Å²) in [7, 11) is 1.65. The summed E-state index contributed by atoms with van der Waals surface area (Å²) in [5.74, 6) is 0.620. The minimum Gasteiger partial charge on any atom is -0.382 e. The minimum absolute atomic E-state index is 0.103. The summed E-state index contributed by atoms with van der Waals surface area (Å²) in [5, 5.41) is 3.07. The molecule has 0 bridgehead atoms. The van der Waals surface area contributed by atoms with Crippen molar-refractivity contribution in [3.8, 4) is 0 Å². The molecule has 1 saturated carbocycles. The molecule has 0 aromatic rings. The molecule has 0 radical (unpaired) electrons. The first-order valence-electron chi connectivity index (χ1n) is 6.42. The monoisotopic (exact) mass is 242 g/mol. The molecule has 3 N–H and O–H groups in total. The SMILES string of the molecule is COCC(C)(C)NC(=O)C1CCC(N)CC1C. The Morgan fingerprint density at radius 3 is 2.65 bits per heavy atom. The van der Waals surface area contributed by atoms with Gasteiger partial charge in [-0.3, -0.25) is 4.79 Å². The number of rotatable bonds is 4. The van der Waals surface area contributed by atoms with E-state index in [0.29, 0.717) is 12.5 Å². The van der Waals surface area contributed by atoms with E-state index in [0.717, 1.165) is 19.3 Å². The molecule has 1 fully saturated rings. The minimum atomic E-state index is -0.300. The molecule has 4 heteroatoms. The average molecular weight is 242 g/mol. The van der Waals surface area contributed by atoms with Crippen molar-refractivity contribution >= 4 is 5.91 Å². The summed E-state index contributed by atoms with van der Waals surface area (Å²) in [6.45, 7) is 6.60. The topological polar surface area (TPSA) is 64.3 Å². The number of ether oxygens (including phenoxy) is 1. The molecule has 17 heavy (non-hydrogen) atoms. The maximum absolute atomic E-state index is 12.2. The molecule has 0 saturated heterocycles. The number of carbonyl (C=O) groups excluding carboxylic acids is 1. The zero-order valence-corrected chi connectivity index (χ0v) is 11.5. The van der Waals surface area contributed by atoms with Gasteiger partial charge in [-0.05, 0) is 39.0 Å². The van der Waals surface area contributed by atoms with Crippen LogP contribution in [0.25, 0.3) is 0 Å². The van der Waals surface area contributed by atoms with Gasteiger partial charge in [0.05, 0.1) is 12.1 Å². The highest BCUT2D eigenvalue weighted by Crippen LogP contribution is 2.29. The lowest BCUT2D eigenvalue weighted by molar-refractivity contribution is -0.129. The maximum Gasteiger partial charge on any atom is 0.223 e. The Labute approximate surface area is 104 Å². The Morgan fingerprint density at radius 2 is 2.12 bits per heavy atom. The van der Waals surface area contributed by atoms with Crippen LogP contribution in [0.5, 0.6) is 0 Å². The fraction of sp³-hybridized carbons (Fsp3) is 0.923. The van der Waals surface area contributed by atoms with Crippen LogP contribution in [0, 0.1) is 11.8 Å². The third-order valence-corrected chi connectivity index (χ3v) is 3.51. The molecule has 0 aromatic heterocycles. The Hall–Kier alpha value is -0.610. The van der Waals surface area contributed by atoms with E-state index < -0.39 is 0 Å². The second-order valence-corrected chi connectivity index (χ2v) is 5.96. The van der Waals surface area contributed by atoms with E-state index in [1.165, 1.54) is 0 Å². The molecule has 0 heterocycles. The van der Waals surface area contributed by atoms with Gasteiger partial charge in [0.2, 0.25) is 5.91 Å². The smallest absolute Gasteiger partial charge is 0.223 e. The van der Waals surface area contributed by atoms with Crippen LogP contribution >= 0.6 is 0 Å². The van der Waals surface area contributed by atoms with Gasteiger partial charge in [-0.15, -0.1) is 0 Å². The molecule has 1 amide bonds. The lowest BCUT2D eigenvalue weighted by atomic mass is 9.77. The third kappa shape index (κ3) is 4.28. The van der Waals surface area contributed by atoms with E-state index in [1.54, 1.807) is 7.11 Å². The number of nitrogens with two attached hydrogens (primary N) is 1. The zero-order chi connectivity index (χ0) is 13.1. The van der Waals surface area contributed by atoms with Gasteiger partial charge in [0.15, 0.2) is 0 Å². The van der Waals surface area contributed by atoms with Gasteiger partial charge in [0, 0.05) is 19.1 Å². The van der Waals surface area contributed by atoms with Gasteiger partial charge in [0.1, 0.15) is 0 Å². The Balaban J connectivity index is 2.52. The maximum atomic E-state index is 12.2. The molecule has 3 unspecified atom stereocenters. The van der Waals surface area contributed by atoms with Gasteiger partial charge < -0.3 is 15.8 Å². The van der Waals surface area contributed by atoms with Crippen LogP contribution < -0.4 is 11.1 Å². The fourth-order valence-corrected chi connectivity index (χ4v) is 2.65. The first-order chi connectivity index (χ1) is 7.85. The fourth-order valence-electron chi connectivity index (χ4n) is 2.65. The molecule has 1 rings (SSSR count). The van der Waals surface area contributed by atoms with Crippen LogP contribution in [0.3, 0.4) is 0 Å². The van der Waals surface area contributed by atoms with Gasteiger partial charge in [-0.2, -0.15) is 0 Å². The highest BCUT2D eigenvalue weighted by Gasteiger charge is 2.33. The number of amides is 1. The van der Waals surface area contributed by atoms with Crippen LogP contribution in [0.1, 0.15) is 40.0 Å². The van der Waals surface area contributed by atoms with E-state index in [2.05, 4.69) is 12.2 Å². The number of hydrogen-bond acceptors (Lipinski definition) is 3. The molecule has 3 atom stereocenters.